The first-order valence-electron chi connectivity index (χ1n) is 7.91. The lowest BCUT2D eigenvalue weighted by molar-refractivity contribution is -0.138. The van der Waals surface area contributed by atoms with Crippen LogP contribution in [-0.2, 0) is 10.2 Å². The minimum atomic E-state index is -0.501. The van der Waals surface area contributed by atoms with E-state index < -0.39 is 5.41 Å². The molecule has 0 aromatic heterocycles. The summed E-state index contributed by atoms with van der Waals surface area (Å²) in [5.41, 5.74) is 0.357. The Morgan fingerprint density at radius 2 is 2.14 bits per heavy atom. The van der Waals surface area contributed by atoms with Crippen molar-refractivity contribution in [3.05, 3.63) is 35.6 Å². The fraction of sp³-hybridized carbons (Fsp3) is 0.588. The molecule has 1 aromatic rings. The maximum Gasteiger partial charge on any atom is 0.233 e. The molecule has 1 saturated heterocycles. The molecule has 21 heavy (non-hydrogen) atoms. The normalized spacial score (nSPS) is 25.0. The molecule has 1 aliphatic carbocycles. The van der Waals surface area contributed by atoms with E-state index in [4.69, 9.17) is 0 Å². The molecule has 1 saturated carbocycles. The van der Waals surface area contributed by atoms with Gasteiger partial charge in [0.25, 0.3) is 0 Å². The molecule has 1 aliphatic heterocycles. The molecule has 4 heteroatoms. The van der Waals surface area contributed by atoms with E-state index >= 15 is 0 Å². The minimum Gasteiger partial charge on any atom is -0.339 e. The largest absolute Gasteiger partial charge is 0.339 e. The van der Waals surface area contributed by atoms with E-state index in [1.165, 1.54) is 6.07 Å². The highest BCUT2D eigenvalue weighted by Crippen LogP contribution is 2.43. The Morgan fingerprint density at radius 1 is 1.38 bits per heavy atom. The lowest BCUT2D eigenvalue weighted by Gasteiger charge is -2.39. The van der Waals surface area contributed by atoms with E-state index in [0.29, 0.717) is 6.04 Å². The number of halogens is 1. The van der Waals surface area contributed by atoms with Crippen molar-refractivity contribution in [2.45, 2.75) is 44.1 Å². The average molecular weight is 290 g/mol. The van der Waals surface area contributed by atoms with Crippen LogP contribution in [0.2, 0.25) is 0 Å². The lowest BCUT2D eigenvalue weighted by atomic mass is 9.77. The molecule has 1 aromatic carbocycles. The van der Waals surface area contributed by atoms with Crippen molar-refractivity contribution in [2.75, 3.05) is 19.6 Å². The molecular weight excluding hydrogens is 267 g/mol. The molecule has 1 amide bonds. The van der Waals surface area contributed by atoms with Gasteiger partial charge in [0.2, 0.25) is 5.91 Å². The summed E-state index contributed by atoms with van der Waals surface area (Å²) in [6, 6.07) is 6.96. The smallest absolute Gasteiger partial charge is 0.233 e. The molecule has 0 radical (unpaired) electrons. The van der Waals surface area contributed by atoms with Crippen LogP contribution in [0.25, 0.3) is 0 Å². The Labute approximate surface area is 125 Å². The van der Waals surface area contributed by atoms with Crippen LogP contribution in [0, 0.1) is 5.82 Å². The molecule has 1 N–H and O–H groups in total. The average Bonchev–Trinajstić information content (AvgIpc) is 2.97. The standard InChI is InChI=1S/C17H23FN2O/c1-13-12-20(10-9-19-13)16(21)17(7-2-3-8-17)14-5-4-6-15(18)11-14/h4-6,11,13,19H,2-3,7-10,12H2,1H3. The number of amides is 1. The van der Waals surface area contributed by atoms with Gasteiger partial charge in [0.15, 0.2) is 0 Å². The molecular formula is C17H23FN2O. The summed E-state index contributed by atoms with van der Waals surface area (Å²) in [5.74, 6) is -0.0563. The van der Waals surface area contributed by atoms with Gasteiger partial charge in [-0.25, -0.2) is 4.39 Å². The molecule has 2 aliphatic rings. The van der Waals surface area contributed by atoms with Crippen molar-refractivity contribution >= 4 is 5.91 Å². The monoisotopic (exact) mass is 290 g/mol. The van der Waals surface area contributed by atoms with Crippen LogP contribution in [-0.4, -0.2) is 36.5 Å². The highest BCUT2D eigenvalue weighted by atomic mass is 19.1. The van der Waals surface area contributed by atoms with E-state index in [1.807, 2.05) is 11.0 Å². The topological polar surface area (TPSA) is 32.3 Å². The van der Waals surface area contributed by atoms with Crippen LogP contribution >= 0.6 is 0 Å². The Morgan fingerprint density at radius 3 is 2.81 bits per heavy atom. The van der Waals surface area contributed by atoms with Gasteiger partial charge in [-0.1, -0.05) is 25.0 Å². The number of nitrogens with zero attached hydrogens (tertiary/aromatic N) is 1. The number of carbonyl (C=O) groups is 1. The zero-order chi connectivity index (χ0) is 14.9. The summed E-state index contributed by atoms with van der Waals surface area (Å²) in [6.45, 7) is 4.44. The number of rotatable bonds is 2. The summed E-state index contributed by atoms with van der Waals surface area (Å²) in [6.07, 6.45) is 3.77. The van der Waals surface area contributed by atoms with Crippen LogP contribution in [0.5, 0.6) is 0 Å². The Kier molecular flexibility index (Phi) is 3.98. The van der Waals surface area contributed by atoms with Crippen LogP contribution in [0.1, 0.15) is 38.2 Å². The van der Waals surface area contributed by atoms with Gasteiger partial charge in [0.1, 0.15) is 5.82 Å². The summed E-state index contributed by atoms with van der Waals surface area (Å²) in [7, 11) is 0. The summed E-state index contributed by atoms with van der Waals surface area (Å²) in [4.78, 5) is 15.1. The first-order valence-corrected chi connectivity index (χ1v) is 7.91. The Hall–Kier alpha value is -1.42. The third-order valence-electron chi connectivity index (χ3n) is 4.90. The molecule has 1 unspecified atom stereocenters. The molecule has 0 bridgehead atoms. The van der Waals surface area contributed by atoms with E-state index in [0.717, 1.165) is 50.9 Å². The Balaban J connectivity index is 1.92. The predicted octanol–water partition coefficient (Wildman–Crippen LogP) is 2.46. The number of nitrogens with one attached hydrogen (secondary N) is 1. The first kappa shape index (κ1) is 14.5. The van der Waals surface area contributed by atoms with Crippen LogP contribution in [0.3, 0.4) is 0 Å². The van der Waals surface area contributed by atoms with E-state index in [2.05, 4.69) is 12.2 Å². The van der Waals surface area contributed by atoms with Crippen molar-refractivity contribution < 1.29 is 9.18 Å². The second-order valence-electron chi connectivity index (χ2n) is 6.41. The zero-order valence-corrected chi connectivity index (χ0v) is 12.6. The SMILES string of the molecule is CC1CN(C(=O)C2(c3cccc(F)c3)CCCC2)CCN1. The molecule has 3 nitrogen and oxygen atoms in total. The van der Waals surface area contributed by atoms with Gasteiger partial charge in [-0.15, -0.1) is 0 Å². The molecule has 2 fully saturated rings. The van der Waals surface area contributed by atoms with Crippen molar-refractivity contribution in [1.82, 2.24) is 10.2 Å². The first-order chi connectivity index (χ1) is 10.1. The van der Waals surface area contributed by atoms with E-state index in [1.54, 1.807) is 12.1 Å². The van der Waals surface area contributed by atoms with Crippen molar-refractivity contribution in [1.29, 1.82) is 0 Å². The van der Waals surface area contributed by atoms with Gasteiger partial charge >= 0.3 is 0 Å². The van der Waals surface area contributed by atoms with Crippen molar-refractivity contribution in [3.63, 3.8) is 0 Å². The maximum absolute atomic E-state index is 13.6. The summed E-state index contributed by atoms with van der Waals surface area (Å²) >= 11 is 0. The maximum atomic E-state index is 13.6. The zero-order valence-electron chi connectivity index (χ0n) is 12.6. The fourth-order valence-electron chi connectivity index (χ4n) is 3.81. The van der Waals surface area contributed by atoms with E-state index in [9.17, 15) is 9.18 Å². The predicted molar refractivity (Wildman–Crippen MR) is 80.6 cm³/mol. The van der Waals surface area contributed by atoms with Crippen LogP contribution < -0.4 is 5.32 Å². The van der Waals surface area contributed by atoms with Crippen LogP contribution in [0.4, 0.5) is 4.39 Å². The third kappa shape index (κ3) is 2.69. The number of carbonyl (C=O) groups excluding carboxylic acids is 1. The van der Waals surface area contributed by atoms with E-state index in [-0.39, 0.29) is 11.7 Å². The van der Waals surface area contributed by atoms with Crippen LogP contribution in [0.15, 0.2) is 24.3 Å². The Bertz CT molecular complexity index is 525. The fourth-order valence-corrected chi connectivity index (χ4v) is 3.81. The van der Waals surface area contributed by atoms with Crippen molar-refractivity contribution in [2.24, 2.45) is 0 Å². The lowest BCUT2D eigenvalue weighted by Crippen LogP contribution is -2.56. The quantitative estimate of drug-likeness (QED) is 0.907. The molecule has 1 atom stereocenters. The highest BCUT2D eigenvalue weighted by molar-refractivity contribution is 5.88. The summed E-state index contributed by atoms with van der Waals surface area (Å²) < 4.78 is 13.6. The summed E-state index contributed by atoms with van der Waals surface area (Å²) in [5, 5.41) is 3.36. The van der Waals surface area contributed by atoms with Gasteiger partial charge in [0.05, 0.1) is 5.41 Å². The number of piperazine rings is 1. The number of hydrogen-bond acceptors (Lipinski definition) is 2. The van der Waals surface area contributed by atoms with Crippen molar-refractivity contribution in [3.8, 4) is 0 Å². The minimum absolute atomic E-state index is 0.193. The third-order valence-corrected chi connectivity index (χ3v) is 4.90. The van der Waals surface area contributed by atoms with Gasteiger partial charge in [-0.2, -0.15) is 0 Å². The number of benzene rings is 1. The highest BCUT2D eigenvalue weighted by Gasteiger charge is 2.45. The van der Waals surface area contributed by atoms with Gasteiger partial charge in [0, 0.05) is 25.7 Å². The van der Waals surface area contributed by atoms with Gasteiger partial charge in [-0.3, -0.25) is 4.79 Å². The second kappa shape index (κ2) is 5.76. The molecule has 3 rings (SSSR count). The molecule has 114 valence electrons. The molecule has 0 spiro atoms. The molecule has 1 heterocycles. The second-order valence-corrected chi connectivity index (χ2v) is 6.41. The van der Waals surface area contributed by atoms with Gasteiger partial charge in [-0.05, 0) is 37.5 Å². The number of hydrogen-bond donors (Lipinski definition) is 1. The van der Waals surface area contributed by atoms with Gasteiger partial charge < -0.3 is 10.2 Å².